The number of amides is 1. The van der Waals surface area contributed by atoms with Gasteiger partial charge in [0.25, 0.3) is 5.91 Å². The van der Waals surface area contributed by atoms with Crippen molar-refractivity contribution in [1.82, 2.24) is 10.6 Å². The van der Waals surface area contributed by atoms with Gasteiger partial charge in [0.05, 0.1) is 6.04 Å². The number of nitrogens with one attached hydrogen (secondary N) is 2. The summed E-state index contributed by atoms with van der Waals surface area (Å²) in [5.74, 6) is -0.224. The number of carbonyl (C=O) groups excluding carboxylic acids is 1. The van der Waals surface area contributed by atoms with Crippen molar-refractivity contribution in [3.05, 3.63) is 113 Å². The predicted octanol–water partition coefficient (Wildman–Crippen LogP) is 3.84. The number of nitriles is 1. The van der Waals surface area contributed by atoms with Crippen molar-refractivity contribution >= 4 is 5.91 Å². The molecule has 0 atom stereocenters. The van der Waals surface area contributed by atoms with Crippen molar-refractivity contribution in [1.29, 1.82) is 5.26 Å². The minimum Gasteiger partial charge on any atom is -0.508 e. The van der Waals surface area contributed by atoms with Gasteiger partial charge in [-0.25, -0.2) is 0 Å². The van der Waals surface area contributed by atoms with Crippen LogP contribution in [-0.2, 0) is 11.2 Å². The molecule has 0 aliphatic heterocycles. The summed E-state index contributed by atoms with van der Waals surface area (Å²) in [6, 6.07) is 28.3. The summed E-state index contributed by atoms with van der Waals surface area (Å²) in [6.45, 7) is 0.392. The summed E-state index contributed by atoms with van der Waals surface area (Å²) >= 11 is 0. The Balaban J connectivity index is 1.66. The first kappa shape index (κ1) is 20.7. The average Bonchev–Trinajstić information content (AvgIpc) is 2.79. The van der Waals surface area contributed by atoms with Gasteiger partial charge in [0.15, 0.2) is 0 Å². The zero-order chi connectivity index (χ0) is 21.2. The van der Waals surface area contributed by atoms with Crippen LogP contribution >= 0.6 is 0 Å². The largest absolute Gasteiger partial charge is 0.508 e. The van der Waals surface area contributed by atoms with E-state index in [4.69, 9.17) is 0 Å². The van der Waals surface area contributed by atoms with Gasteiger partial charge < -0.3 is 15.7 Å². The van der Waals surface area contributed by atoms with E-state index in [2.05, 4.69) is 10.6 Å². The Bertz CT molecular complexity index is 984. The molecule has 3 N–H and O–H groups in total. The summed E-state index contributed by atoms with van der Waals surface area (Å²) in [4.78, 5) is 12.4. The molecule has 0 fully saturated rings. The molecule has 5 heteroatoms. The van der Waals surface area contributed by atoms with E-state index in [9.17, 15) is 15.2 Å². The Morgan fingerprint density at radius 1 is 0.933 bits per heavy atom. The molecular formula is C25H23N3O2. The van der Waals surface area contributed by atoms with E-state index in [1.807, 2.05) is 66.7 Å². The smallest absolute Gasteiger partial charge is 0.263 e. The molecular weight excluding hydrogens is 374 g/mol. The second-order valence-corrected chi connectivity index (χ2v) is 6.76. The molecule has 3 rings (SSSR count). The average molecular weight is 397 g/mol. The highest BCUT2D eigenvalue weighted by Gasteiger charge is 2.14. The van der Waals surface area contributed by atoms with E-state index < -0.39 is 5.91 Å². The van der Waals surface area contributed by atoms with Crippen molar-refractivity contribution in [2.24, 2.45) is 0 Å². The molecule has 5 nitrogen and oxygen atoms in total. The van der Waals surface area contributed by atoms with Gasteiger partial charge in [0, 0.05) is 12.7 Å². The fraction of sp³-hybridized carbons (Fsp3) is 0.120. The SMILES string of the molecule is N#C/C(=C/NC(c1ccccc1)c1ccccc1)C(=O)NCCc1ccc(O)cc1. The molecule has 3 aromatic carbocycles. The van der Waals surface area contributed by atoms with Crippen molar-refractivity contribution in [3.8, 4) is 11.8 Å². The number of benzene rings is 3. The molecule has 0 bridgehead atoms. The number of hydrogen-bond acceptors (Lipinski definition) is 4. The summed E-state index contributed by atoms with van der Waals surface area (Å²) in [7, 11) is 0. The van der Waals surface area contributed by atoms with Crippen molar-refractivity contribution in [2.45, 2.75) is 12.5 Å². The standard InChI is InChI=1S/C25H23N3O2/c26-17-22(25(30)27-16-15-19-11-13-23(29)14-12-19)18-28-24(20-7-3-1-4-8-20)21-9-5-2-6-10-21/h1-14,18,24,28-29H,15-16H2,(H,27,30)/b22-18-. The van der Waals surface area contributed by atoms with Crippen LogP contribution < -0.4 is 10.6 Å². The van der Waals surface area contributed by atoms with Crippen LogP contribution in [0.2, 0.25) is 0 Å². The third-order valence-corrected chi connectivity index (χ3v) is 4.66. The third kappa shape index (κ3) is 5.73. The Morgan fingerprint density at radius 3 is 2.03 bits per heavy atom. The summed E-state index contributed by atoms with van der Waals surface area (Å²) in [5, 5.41) is 24.8. The molecule has 3 aromatic rings. The molecule has 0 aliphatic rings. The first-order valence-electron chi connectivity index (χ1n) is 9.69. The molecule has 30 heavy (non-hydrogen) atoms. The van der Waals surface area contributed by atoms with E-state index in [1.165, 1.54) is 6.20 Å². The molecule has 0 saturated heterocycles. The number of phenolic OH excluding ortho intramolecular Hbond substituents is 1. The Morgan fingerprint density at radius 2 is 1.50 bits per heavy atom. The summed E-state index contributed by atoms with van der Waals surface area (Å²) in [6.07, 6.45) is 2.08. The van der Waals surface area contributed by atoms with Gasteiger partial charge in [-0.15, -0.1) is 0 Å². The highest BCUT2D eigenvalue weighted by molar-refractivity contribution is 5.97. The maximum atomic E-state index is 12.4. The number of aromatic hydroxyl groups is 1. The van der Waals surface area contributed by atoms with E-state index in [-0.39, 0.29) is 17.4 Å². The second kappa shape index (κ2) is 10.5. The van der Waals surface area contributed by atoms with Crippen molar-refractivity contribution in [3.63, 3.8) is 0 Å². The van der Waals surface area contributed by atoms with Gasteiger partial charge in [0.2, 0.25) is 0 Å². The molecule has 1 amide bonds. The van der Waals surface area contributed by atoms with Gasteiger partial charge in [-0.1, -0.05) is 72.8 Å². The molecule has 0 unspecified atom stereocenters. The van der Waals surface area contributed by atoms with Gasteiger partial charge in [-0.3, -0.25) is 4.79 Å². The molecule has 0 radical (unpaired) electrons. The molecule has 0 aromatic heterocycles. The lowest BCUT2D eigenvalue weighted by molar-refractivity contribution is -0.117. The quantitative estimate of drug-likeness (QED) is 0.398. The maximum absolute atomic E-state index is 12.4. The molecule has 0 spiro atoms. The van der Waals surface area contributed by atoms with Crippen LogP contribution in [0.25, 0.3) is 0 Å². The van der Waals surface area contributed by atoms with Crippen LogP contribution in [-0.4, -0.2) is 17.6 Å². The number of hydrogen-bond donors (Lipinski definition) is 3. The monoisotopic (exact) mass is 397 g/mol. The van der Waals surface area contributed by atoms with Crippen molar-refractivity contribution in [2.75, 3.05) is 6.54 Å². The van der Waals surface area contributed by atoms with E-state index in [0.29, 0.717) is 13.0 Å². The van der Waals surface area contributed by atoms with Crippen LogP contribution in [0, 0.1) is 11.3 Å². The van der Waals surface area contributed by atoms with Gasteiger partial charge >= 0.3 is 0 Å². The van der Waals surface area contributed by atoms with Crippen LogP contribution in [0.5, 0.6) is 5.75 Å². The minimum absolute atomic E-state index is 0.0116. The minimum atomic E-state index is -0.427. The number of nitrogens with zero attached hydrogens (tertiary/aromatic N) is 1. The Hall–Kier alpha value is -4.04. The normalized spacial score (nSPS) is 11.0. The number of carbonyl (C=O) groups is 1. The Labute approximate surface area is 176 Å². The third-order valence-electron chi connectivity index (χ3n) is 4.66. The van der Waals surface area contributed by atoms with Crippen LogP contribution in [0.4, 0.5) is 0 Å². The lowest BCUT2D eigenvalue weighted by Crippen LogP contribution is -2.28. The highest BCUT2D eigenvalue weighted by atomic mass is 16.3. The molecule has 0 aliphatic carbocycles. The molecule has 150 valence electrons. The zero-order valence-electron chi connectivity index (χ0n) is 16.5. The van der Waals surface area contributed by atoms with Crippen LogP contribution in [0.3, 0.4) is 0 Å². The fourth-order valence-electron chi connectivity index (χ4n) is 3.07. The predicted molar refractivity (Wildman–Crippen MR) is 116 cm³/mol. The summed E-state index contributed by atoms with van der Waals surface area (Å²) in [5.41, 5.74) is 3.06. The second-order valence-electron chi connectivity index (χ2n) is 6.76. The molecule has 0 saturated carbocycles. The Kier molecular flexibility index (Phi) is 7.23. The fourth-order valence-corrected chi connectivity index (χ4v) is 3.07. The maximum Gasteiger partial charge on any atom is 0.263 e. The lowest BCUT2D eigenvalue weighted by atomic mass is 9.99. The highest BCUT2D eigenvalue weighted by Crippen LogP contribution is 2.21. The van der Waals surface area contributed by atoms with Crippen LogP contribution in [0.1, 0.15) is 22.7 Å². The number of phenols is 1. The first-order chi connectivity index (χ1) is 14.7. The van der Waals surface area contributed by atoms with Gasteiger partial charge in [0.1, 0.15) is 17.4 Å². The van der Waals surface area contributed by atoms with Gasteiger partial charge in [-0.05, 0) is 35.2 Å². The number of rotatable bonds is 8. The van der Waals surface area contributed by atoms with Crippen LogP contribution in [0.15, 0.2) is 96.7 Å². The topological polar surface area (TPSA) is 85.2 Å². The van der Waals surface area contributed by atoms with E-state index in [0.717, 1.165) is 16.7 Å². The lowest BCUT2D eigenvalue weighted by Gasteiger charge is -2.19. The van der Waals surface area contributed by atoms with E-state index >= 15 is 0 Å². The molecule has 0 heterocycles. The van der Waals surface area contributed by atoms with Gasteiger partial charge in [-0.2, -0.15) is 5.26 Å². The first-order valence-corrected chi connectivity index (χ1v) is 9.69. The zero-order valence-corrected chi connectivity index (χ0v) is 16.5. The van der Waals surface area contributed by atoms with Crippen molar-refractivity contribution < 1.29 is 9.90 Å². The summed E-state index contributed by atoms with van der Waals surface area (Å²) < 4.78 is 0. The van der Waals surface area contributed by atoms with E-state index in [1.54, 1.807) is 24.3 Å².